The van der Waals surface area contributed by atoms with Gasteiger partial charge in [0.05, 0.1) is 6.42 Å². The molecular weight excluding hydrogens is 245 g/mol. The molecule has 0 amide bonds. The number of rotatable bonds is 5. The monoisotopic (exact) mass is 259 g/mol. The highest BCUT2D eigenvalue weighted by Crippen LogP contribution is 2.12. The third kappa shape index (κ3) is 4.10. The number of benzene rings is 2. The minimum absolute atomic E-state index is 0.0180. The van der Waals surface area contributed by atoms with Crippen molar-refractivity contribution in [3.63, 3.8) is 0 Å². The second-order valence-electron chi connectivity index (χ2n) is 4.25. The minimum Gasteiger partial charge on any atom is -0.481 e. The van der Waals surface area contributed by atoms with Crippen LogP contribution in [0.15, 0.2) is 48.5 Å². The van der Waals surface area contributed by atoms with Crippen molar-refractivity contribution in [1.82, 2.24) is 0 Å². The quantitative estimate of drug-likeness (QED) is 0.867. The fourth-order valence-electron chi connectivity index (χ4n) is 1.77. The summed E-state index contributed by atoms with van der Waals surface area (Å²) in [5, 5.41) is 11.8. The average molecular weight is 259 g/mol. The van der Waals surface area contributed by atoms with Gasteiger partial charge >= 0.3 is 5.97 Å². The summed E-state index contributed by atoms with van der Waals surface area (Å²) in [7, 11) is 0. The van der Waals surface area contributed by atoms with Crippen LogP contribution < -0.4 is 5.32 Å². The fraction of sp³-hybridized carbons (Fsp3) is 0.133. The molecule has 98 valence electrons. The number of carbonyl (C=O) groups is 1. The molecule has 0 bridgehead atoms. The highest BCUT2D eigenvalue weighted by Gasteiger charge is 2.00. The Morgan fingerprint density at radius 2 is 1.84 bits per heavy atom. The first kappa shape index (κ1) is 13.1. The molecule has 3 nitrogen and oxygen atoms in total. The summed E-state index contributed by atoms with van der Waals surface area (Å²) in [5.41, 5.74) is 2.48. The van der Waals surface area contributed by atoms with Crippen molar-refractivity contribution in [2.45, 2.75) is 13.0 Å². The van der Waals surface area contributed by atoms with Crippen molar-refractivity contribution >= 4 is 11.7 Å². The van der Waals surface area contributed by atoms with Crippen molar-refractivity contribution in [2.75, 3.05) is 5.32 Å². The number of hydrogen-bond donors (Lipinski definition) is 2. The topological polar surface area (TPSA) is 49.3 Å². The van der Waals surface area contributed by atoms with Crippen LogP contribution >= 0.6 is 0 Å². The van der Waals surface area contributed by atoms with Crippen molar-refractivity contribution in [1.29, 1.82) is 0 Å². The van der Waals surface area contributed by atoms with Crippen molar-refractivity contribution in [2.24, 2.45) is 0 Å². The first-order valence-electron chi connectivity index (χ1n) is 5.92. The maximum absolute atomic E-state index is 13.0. The molecule has 2 aromatic rings. The molecule has 0 saturated carbocycles. The number of carboxylic acids is 1. The summed E-state index contributed by atoms with van der Waals surface area (Å²) in [4.78, 5) is 10.5. The average Bonchev–Trinajstić information content (AvgIpc) is 2.37. The Kier molecular flexibility index (Phi) is 4.13. The molecular formula is C15H14FNO2. The molecule has 0 atom stereocenters. The lowest BCUT2D eigenvalue weighted by Gasteiger charge is -2.07. The highest BCUT2D eigenvalue weighted by atomic mass is 19.1. The number of nitrogens with one attached hydrogen (secondary N) is 1. The van der Waals surface area contributed by atoms with E-state index < -0.39 is 5.97 Å². The van der Waals surface area contributed by atoms with E-state index in [2.05, 4.69) is 5.32 Å². The maximum Gasteiger partial charge on any atom is 0.307 e. The van der Waals surface area contributed by atoms with Gasteiger partial charge < -0.3 is 10.4 Å². The molecule has 0 fully saturated rings. The lowest BCUT2D eigenvalue weighted by atomic mass is 10.1. The van der Waals surface area contributed by atoms with Crippen LogP contribution in [0.1, 0.15) is 11.1 Å². The summed E-state index contributed by atoms with van der Waals surface area (Å²) >= 11 is 0. The van der Waals surface area contributed by atoms with E-state index >= 15 is 0 Å². The third-order valence-electron chi connectivity index (χ3n) is 2.69. The molecule has 2 N–H and O–H groups in total. The van der Waals surface area contributed by atoms with Crippen LogP contribution in [0.5, 0.6) is 0 Å². The molecule has 0 aromatic heterocycles. The summed E-state index contributed by atoms with van der Waals surface area (Å²) in [6, 6.07) is 13.6. The predicted molar refractivity (Wildman–Crippen MR) is 71.5 cm³/mol. The van der Waals surface area contributed by atoms with Gasteiger partial charge in [0, 0.05) is 12.2 Å². The zero-order valence-corrected chi connectivity index (χ0v) is 10.3. The molecule has 19 heavy (non-hydrogen) atoms. The Hall–Kier alpha value is -2.36. The van der Waals surface area contributed by atoms with E-state index in [4.69, 9.17) is 5.11 Å². The first-order valence-corrected chi connectivity index (χ1v) is 5.92. The van der Waals surface area contributed by atoms with Crippen LogP contribution in [0.4, 0.5) is 10.1 Å². The Bertz CT molecular complexity index is 567. The van der Waals surface area contributed by atoms with E-state index in [1.165, 1.54) is 12.1 Å². The fourth-order valence-corrected chi connectivity index (χ4v) is 1.77. The van der Waals surface area contributed by atoms with Gasteiger partial charge in [-0.3, -0.25) is 4.79 Å². The molecule has 4 heteroatoms. The van der Waals surface area contributed by atoms with Gasteiger partial charge in [-0.15, -0.1) is 0 Å². The van der Waals surface area contributed by atoms with Crippen LogP contribution in [0.3, 0.4) is 0 Å². The van der Waals surface area contributed by atoms with Crippen molar-refractivity contribution in [3.8, 4) is 0 Å². The SMILES string of the molecule is O=C(O)Cc1ccc(NCc2cccc(F)c2)cc1. The standard InChI is InChI=1S/C15H14FNO2/c16-13-3-1-2-12(8-13)10-17-14-6-4-11(5-7-14)9-15(18)19/h1-8,17H,9-10H2,(H,18,19). The van der Waals surface area contributed by atoms with Crippen LogP contribution in [0.25, 0.3) is 0 Å². The Balaban J connectivity index is 1.94. The van der Waals surface area contributed by atoms with Crippen LogP contribution in [-0.4, -0.2) is 11.1 Å². The lowest BCUT2D eigenvalue weighted by Crippen LogP contribution is -2.02. The maximum atomic E-state index is 13.0. The first-order chi connectivity index (χ1) is 9.13. The summed E-state index contributed by atoms with van der Waals surface area (Å²) in [6.07, 6.45) is 0.0180. The van der Waals surface area contributed by atoms with E-state index in [0.717, 1.165) is 16.8 Å². The molecule has 2 rings (SSSR count). The zero-order valence-electron chi connectivity index (χ0n) is 10.3. The van der Waals surface area contributed by atoms with E-state index in [1.807, 2.05) is 18.2 Å². The predicted octanol–water partition coefficient (Wildman–Crippen LogP) is 3.06. The van der Waals surface area contributed by atoms with Crippen molar-refractivity contribution in [3.05, 3.63) is 65.5 Å². The van der Waals surface area contributed by atoms with Gasteiger partial charge in [-0.25, -0.2) is 4.39 Å². The molecule has 0 aliphatic rings. The van der Waals surface area contributed by atoms with Crippen LogP contribution in [-0.2, 0) is 17.8 Å². The van der Waals surface area contributed by atoms with Gasteiger partial charge in [-0.2, -0.15) is 0 Å². The summed E-state index contributed by atoms with van der Waals surface area (Å²) in [5.74, 6) is -1.10. The van der Waals surface area contributed by atoms with Gasteiger partial charge in [-0.05, 0) is 35.4 Å². The number of aliphatic carboxylic acids is 1. The van der Waals surface area contributed by atoms with E-state index in [0.29, 0.717) is 6.54 Å². The number of halogens is 1. The highest BCUT2D eigenvalue weighted by molar-refractivity contribution is 5.70. The molecule has 0 radical (unpaired) electrons. The molecule has 0 aliphatic heterocycles. The Labute approximate surface area is 110 Å². The van der Waals surface area contributed by atoms with Gasteiger partial charge in [-0.1, -0.05) is 24.3 Å². The van der Waals surface area contributed by atoms with Crippen LogP contribution in [0.2, 0.25) is 0 Å². The van der Waals surface area contributed by atoms with Gasteiger partial charge in [0.2, 0.25) is 0 Å². The molecule has 0 heterocycles. The number of hydrogen-bond acceptors (Lipinski definition) is 2. The summed E-state index contributed by atoms with van der Waals surface area (Å²) in [6.45, 7) is 0.524. The number of anilines is 1. The van der Waals surface area contributed by atoms with Crippen LogP contribution in [0, 0.1) is 5.82 Å². The zero-order chi connectivity index (χ0) is 13.7. The molecule has 0 saturated heterocycles. The van der Waals surface area contributed by atoms with E-state index in [1.54, 1.807) is 18.2 Å². The lowest BCUT2D eigenvalue weighted by molar-refractivity contribution is -0.136. The molecule has 0 spiro atoms. The Morgan fingerprint density at radius 3 is 2.47 bits per heavy atom. The normalized spacial score (nSPS) is 10.2. The second kappa shape index (κ2) is 6.00. The van der Waals surface area contributed by atoms with Gasteiger partial charge in [0.1, 0.15) is 5.82 Å². The largest absolute Gasteiger partial charge is 0.481 e. The molecule has 0 unspecified atom stereocenters. The second-order valence-corrected chi connectivity index (χ2v) is 4.25. The van der Waals surface area contributed by atoms with Crippen molar-refractivity contribution < 1.29 is 14.3 Å². The molecule has 2 aromatic carbocycles. The molecule has 0 aliphatic carbocycles. The third-order valence-corrected chi connectivity index (χ3v) is 2.69. The van der Waals surface area contributed by atoms with Gasteiger partial charge in [0.15, 0.2) is 0 Å². The smallest absolute Gasteiger partial charge is 0.307 e. The Morgan fingerprint density at radius 1 is 1.11 bits per heavy atom. The summed E-state index contributed by atoms with van der Waals surface area (Å²) < 4.78 is 13.0. The van der Waals surface area contributed by atoms with E-state index in [-0.39, 0.29) is 12.2 Å². The van der Waals surface area contributed by atoms with Gasteiger partial charge in [0.25, 0.3) is 0 Å². The number of carboxylic acid groups (broad SMARTS) is 1. The van der Waals surface area contributed by atoms with E-state index in [9.17, 15) is 9.18 Å². The minimum atomic E-state index is -0.847.